The van der Waals surface area contributed by atoms with Gasteiger partial charge in [0.05, 0.1) is 12.4 Å². The molecule has 2 heterocycles. The van der Waals surface area contributed by atoms with Crippen molar-refractivity contribution in [1.29, 1.82) is 0 Å². The summed E-state index contributed by atoms with van der Waals surface area (Å²) in [7, 11) is 0. The molecular formula is C20H28N4O. The van der Waals surface area contributed by atoms with Crippen LogP contribution in [0.15, 0.2) is 43.0 Å². The molecule has 2 amide bonds. The zero-order valence-corrected chi connectivity index (χ0v) is 15.2. The van der Waals surface area contributed by atoms with E-state index in [0.29, 0.717) is 12.5 Å². The Balaban J connectivity index is 1.59. The minimum atomic E-state index is 0.0581. The van der Waals surface area contributed by atoms with Gasteiger partial charge < -0.3 is 14.8 Å². The fourth-order valence-corrected chi connectivity index (χ4v) is 3.67. The van der Waals surface area contributed by atoms with E-state index in [4.69, 9.17) is 0 Å². The monoisotopic (exact) mass is 340 g/mol. The maximum absolute atomic E-state index is 12.8. The number of aryl methyl sites for hydroxylation is 2. The molecular weight excluding hydrogens is 312 g/mol. The summed E-state index contributed by atoms with van der Waals surface area (Å²) in [5.74, 6) is 0.480. The molecule has 0 aliphatic carbocycles. The Morgan fingerprint density at radius 2 is 2.12 bits per heavy atom. The molecule has 1 fully saturated rings. The number of hydrogen-bond acceptors (Lipinski definition) is 2. The molecule has 0 radical (unpaired) electrons. The van der Waals surface area contributed by atoms with Crippen molar-refractivity contribution >= 4 is 6.03 Å². The van der Waals surface area contributed by atoms with Gasteiger partial charge in [-0.15, -0.1) is 0 Å². The second kappa shape index (κ2) is 8.19. The van der Waals surface area contributed by atoms with Gasteiger partial charge in [0.2, 0.25) is 0 Å². The van der Waals surface area contributed by atoms with Crippen LogP contribution in [0.2, 0.25) is 0 Å². The summed E-state index contributed by atoms with van der Waals surface area (Å²) in [6, 6.07) is 8.84. The average Bonchev–Trinajstić information content (AvgIpc) is 3.13. The maximum Gasteiger partial charge on any atom is 0.317 e. The molecule has 2 aromatic rings. The molecule has 1 saturated heterocycles. The number of urea groups is 1. The van der Waals surface area contributed by atoms with Crippen LogP contribution in [0.3, 0.4) is 0 Å². The van der Waals surface area contributed by atoms with Gasteiger partial charge in [0.1, 0.15) is 0 Å². The van der Waals surface area contributed by atoms with Gasteiger partial charge in [-0.05, 0) is 37.7 Å². The Morgan fingerprint density at radius 3 is 2.84 bits per heavy atom. The maximum atomic E-state index is 12.8. The fraction of sp³-hybridized carbons (Fsp3) is 0.500. The van der Waals surface area contributed by atoms with Crippen LogP contribution in [0.25, 0.3) is 0 Å². The second-order valence-corrected chi connectivity index (χ2v) is 7.05. The molecule has 1 aromatic carbocycles. The molecule has 1 aliphatic rings. The minimum absolute atomic E-state index is 0.0581. The summed E-state index contributed by atoms with van der Waals surface area (Å²) in [5.41, 5.74) is 2.49. The van der Waals surface area contributed by atoms with E-state index in [0.717, 1.165) is 25.9 Å². The Hall–Kier alpha value is -2.30. The lowest BCUT2D eigenvalue weighted by Gasteiger charge is -2.40. The molecule has 1 aliphatic heterocycles. The topological polar surface area (TPSA) is 50.2 Å². The average molecular weight is 340 g/mol. The van der Waals surface area contributed by atoms with Crippen LogP contribution in [0.1, 0.15) is 43.4 Å². The van der Waals surface area contributed by atoms with E-state index in [1.54, 1.807) is 6.20 Å². The number of benzene rings is 1. The molecule has 5 nitrogen and oxygen atoms in total. The van der Waals surface area contributed by atoms with E-state index < -0.39 is 0 Å². The predicted molar refractivity (Wildman–Crippen MR) is 99.3 cm³/mol. The van der Waals surface area contributed by atoms with E-state index in [2.05, 4.69) is 48.4 Å². The van der Waals surface area contributed by atoms with E-state index in [9.17, 15) is 4.79 Å². The third-order valence-electron chi connectivity index (χ3n) is 5.04. The normalized spacial score (nSPS) is 20.5. The van der Waals surface area contributed by atoms with Crippen LogP contribution in [-0.2, 0) is 6.54 Å². The van der Waals surface area contributed by atoms with Gasteiger partial charge in [-0.3, -0.25) is 0 Å². The van der Waals surface area contributed by atoms with Gasteiger partial charge in [-0.25, -0.2) is 9.78 Å². The van der Waals surface area contributed by atoms with Gasteiger partial charge in [0.25, 0.3) is 0 Å². The summed E-state index contributed by atoms with van der Waals surface area (Å²) in [6.07, 6.45) is 8.68. The number of imidazole rings is 1. The highest BCUT2D eigenvalue weighted by Crippen LogP contribution is 2.35. The molecule has 0 bridgehead atoms. The summed E-state index contributed by atoms with van der Waals surface area (Å²) < 4.78 is 2.03. The number of hydrogen-bond donors (Lipinski definition) is 1. The first-order valence-electron chi connectivity index (χ1n) is 9.22. The molecule has 2 atom stereocenters. The van der Waals surface area contributed by atoms with Crippen molar-refractivity contribution < 1.29 is 4.79 Å². The highest BCUT2D eigenvalue weighted by molar-refractivity contribution is 5.75. The van der Waals surface area contributed by atoms with Crippen LogP contribution < -0.4 is 5.32 Å². The Morgan fingerprint density at radius 1 is 1.32 bits per heavy atom. The van der Waals surface area contributed by atoms with Crippen molar-refractivity contribution in [2.45, 2.75) is 45.7 Å². The number of nitrogens with zero attached hydrogens (tertiary/aromatic N) is 3. The lowest BCUT2D eigenvalue weighted by Crippen LogP contribution is -2.47. The quantitative estimate of drug-likeness (QED) is 0.843. The van der Waals surface area contributed by atoms with Gasteiger partial charge in [0, 0.05) is 32.0 Å². The summed E-state index contributed by atoms with van der Waals surface area (Å²) in [4.78, 5) is 18.8. The number of carbonyl (C=O) groups is 1. The molecule has 1 aromatic heterocycles. The standard InChI is InChI=1S/C20H28N4O/c1-16-6-8-18(9-7-16)19-17(2)5-3-13-24(19)20(25)22-10-4-12-23-14-11-21-15-23/h6-9,11,14-15,17,19H,3-5,10,12-13H2,1-2H3,(H,22,25)/t17-,19+/m1/s1. The molecule has 1 N–H and O–H groups in total. The fourth-order valence-electron chi connectivity index (χ4n) is 3.67. The van der Waals surface area contributed by atoms with Gasteiger partial charge >= 0.3 is 6.03 Å². The first kappa shape index (κ1) is 17.5. The van der Waals surface area contributed by atoms with Crippen molar-refractivity contribution in [3.8, 4) is 0 Å². The largest absolute Gasteiger partial charge is 0.338 e. The number of likely N-dealkylation sites (tertiary alicyclic amines) is 1. The van der Waals surface area contributed by atoms with Crippen molar-refractivity contribution in [2.24, 2.45) is 5.92 Å². The van der Waals surface area contributed by atoms with E-state index in [1.807, 2.05) is 22.0 Å². The SMILES string of the molecule is Cc1ccc([C@@H]2[C@H](C)CCCN2C(=O)NCCCn2ccnc2)cc1. The zero-order valence-electron chi connectivity index (χ0n) is 15.2. The molecule has 5 heteroatoms. The Bertz CT molecular complexity index is 666. The summed E-state index contributed by atoms with van der Waals surface area (Å²) in [5, 5.41) is 3.10. The van der Waals surface area contributed by atoms with Crippen LogP contribution >= 0.6 is 0 Å². The van der Waals surface area contributed by atoms with Crippen molar-refractivity contribution in [2.75, 3.05) is 13.1 Å². The van der Waals surface area contributed by atoms with Gasteiger partial charge in [-0.2, -0.15) is 0 Å². The van der Waals surface area contributed by atoms with E-state index >= 15 is 0 Å². The Labute approximate surface area is 150 Å². The van der Waals surface area contributed by atoms with Crippen LogP contribution in [0, 0.1) is 12.8 Å². The highest BCUT2D eigenvalue weighted by Gasteiger charge is 2.32. The number of aromatic nitrogens is 2. The third-order valence-corrected chi connectivity index (χ3v) is 5.04. The van der Waals surface area contributed by atoms with Gasteiger partial charge in [-0.1, -0.05) is 36.8 Å². The van der Waals surface area contributed by atoms with Crippen molar-refractivity contribution in [3.05, 3.63) is 54.1 Å². The van der Waals surface area contributed by atoms with Crippen molar-refractivity contribution in [3.63, 3.8) is 0 Å². The molecule has 0 unspecified atom stereocenters. The first-order valence-corrected chi connectivity index (χ1v) is 9.22. The predicted octanol–water partition coefficient (Wildman–Crippen LogP) is 3.76. The molecule has 134 valence electrons. The number of nitrogens with one attached hydrogen (secondary N) is 1. The molecule has 3 rings (SSSR count). The zero-order chi connectivity index (χ0) is 17.6. The highest BCUT2D eigenvalue weighted by atomic mass is 16.2. The molecule has 0 saturated carbocycles. The number of piperidine rings is 1. The van der Waals surface area contributed by atoms with Crippen LogP contribution in [0.5, 0.6) is 0 Å². The molecule has 25 heavy (non-hydrogen) atoms. The number of amides is 2. The lowest BCUT2D eigenvalue weighted by atomic mass is 9.86. The summed E-state index contributed by atoms with van der Waals surface area (Å²) >= 11 is 0. The second-order valence-electron chi connectivity index (χ2n) is 7.05. The van der Waals surface area contributed by atoms with E-state index in [-0.39, 0.29) is 12.1 Å². The van der Waals surface area contributed by atoms with Crippen LogP contribution in [0.4, 0.5) is 4.79 Å². The third kappa shape index (κ3) is 4.41. The first-order chi connectivity index (χ1) is 12.1. The Kier molecular flexibility index (Phi) is 5.74. The number of rotatable bonds is 5. The van der Waals surface area contributed by atoms with Crippen molar-refractivity contribution in [1.82, 2.24) is 19.8 Å². The van der Waals surface area contributed by atoms with E-state index in [1.165, 1.54) is 17.5 Å². The number of carbonyl (C=O) groups excluding carboxylic acids is 1. The molecule has 0 spiro atoms. The lowest BCUT2D eigenvalue weighted by molar-refractivity contribution is 0.119. The van der Waals surface area contributed by atoms with Gasteiger partial charge in [0.15, 0.2) is 0 Å². The van der Waals surface area contributed by atoms with Crippen LogP contribution in [-0.4, -0.2) is 33.6 Å². The summed E-state index contributed by atoms with van der Waals surface area (Å²) in [6.45, 7) is 6.73. The smallest absolute Gasteiger partial charge is 0.317 e. The minimum Gasteiger partial charge on any atom is -0.338 e.